The first kappa shape index (κ1) is 11.7. The fraction of sp³-hybridized carbons (Fsp3) is 0.692. The first-order valence-electron chi connectivity index (χ1n) is 6.90. The maximum absolute atomic E-state index is 12.2. The number of carbonyl (C=O) groups excluding carboxylic acids is 1. The summed E-state index contributed by atoms with van der Waals surface area (Å²) in [6, 6.07) is 2.26. The van der Waals surface area contributed by atoms with Crippen LogP contribution in [-0.2, 0) is 0 Å². The van der Waals surface area contributed by atoms with E-state index in [1.807, 2.05) is 21.8 Å². The molecule has 1 aromatic rings. The minimum Gasteiger partial charge on any atom is -0.337 e. The number of hydrogen-bond acceptors (Lipinski definition) is 3. The Morgan fingerprint density at radius 1 is 1.33 bits per heavy atom. The molecular weight excluding hydrogens is 228 g/mol. The predicted octanol–water partition coefficient (Wildman–Crippen LogP) is 1.04. The number of aromatic nitrogens is 2. The summed E-state index contributed by atoms with van der Waals surface area (Å²) in [5.41, 5.74) is 0.600. The van der Waals surface area contributed by atoms with Crippen molar-refractivity contribution in [3.63, 3.8) is 0 Å². The van der Waals surface area contributed by atoms with Gasteiger partial charge < -0.3 is 10.2 Å². The van der Waals surface area contributed by atoms with Gasteiger partial charge in [0.05, 0.1) is 6.04 Å². The third-order valence-electron chi connectivity index (χ3n) is 3.87. The molecule has 3 rings (SSSR count). The van der Waals surface area contributed by atoms with Gasteiger partial charge in [-0.2, -0.15) is 5.10 Å². The third-order valence-corrected chi connectivity index (χ3v) is 3.87. The first-order valence-corrected chi connectivity index (χ1v) is 6.90. The molecule has 0 saturated carbocycles. The number of hydrogen-bond donors (Lipinski definition) is 1. The molecular formula is C13H20N4O. The van der Waals surface area contributed by atoms with E-state index < -0.39 is 0 Å². The van der Waals surface area contributed by atoms with Crippen LogP contribution in [0.4, 0.5) is 0 Å². The summed E-state index contributed by atoms with van der Waals surface area (Å²) in [5, 5.41) is 7.83. The van der Waals surface area contributed by atoms with Gasteiger partial charge in [0.1, 0.15) is 5.69 Å². The number of carbonyl (C=O) groups is 1. The van der Waals surface area contributed by atoms with Crippen LogP contribution >= 0.6 is 0 Å². The van der Waals surface area contributed by atoms with E-state index in [1.54, 1.807) is 0 Å². The molecule has 1 amide bonds. The van der Waals surface area contributed by atoms with Crippen molar-refractivity contribution in [3.05, 3.63) is 18.0 Å². The van der Waals surface area contributed by atoms with Crippen LogP contribution in [0.1, 0.15) is 42.2 Å². The molecule has 5 heteroatoms. The van der Waals surface area contributed by atoms with Crippen LogP contribution in [0.15, 0.2) is 12.3 Å². The second-order valence-electron chi connectivity index (χ2n) is 5.18. The molecule has 5 nitrogen and oxygen atoms in total. The van der Waals surface area contributed by atoms with Crippen LogP contribution in [0, 0.1) is 0 Å². The molecule has 1 atom stereocenters. The van der Waals surface area contributed by atoms with Gasteiger partial charge in [-0.25, -0.2) is 0 Å². The van der Waals surface area contributed by atoms with Crippen LogP contribution < -0.4 is 5.32 Å². The highest BCUT2D eigenvalue weighted by atomic mass is 16.2. The molecule has 98 valence electrons. The van der Waals surface area contributed by atoms with Crippen LogP contribution in [-0.4, -0.2) is 46.8 Å². The van der Waals surface area contributed by atoms with E-state index in [-0.39, 0.29) is 5.91 Å². The monoisotopic (exact) mass is 248 g/mol. The number of rotatable bonds is 2. The van der Waals surface area contributed by atoms with Crippen molar-refractivity contribution in [2.24, 2.45) is 0 Å². The second-order valence-corrected chi connectivity index (χ2v) is 5.18. The van der Waals surface area contributed by atoms with E-state index in [9.17, 15) is 4.79 Å². The molecule has 0 aromatic carbocycles. The molecule has 0 bridgehead atoms. The molecule has 18 heavy (non-hydrogen) atoms. The van der Waals surface area contributed by atoms with E-state index in [0.29, 0.717) is 11.7 Å². The van der Waals surface area contributed by atoms with Crippen molar-refractivity contribution < 1.29 is 4.79 Å². The zero-order valence-electron chi connectivity index (χ0n) is 10.6. The molecule has 2 aliphatic rings. The van der Waals surface area contributed by atoms with Crippen molar-refractivity contribution in [2.45, 2.75) is 31.7 Å². The highest BCUT2D eigenvalue weighted by Gasteiger charge is 2.23. The molecule has 2 fully saturated rings. The summed E-state index contributed by atoms with van der Waals surface area (Å²) in [4.78, 5) is 14.1. The topological polar surface area (TPSA) is 50.2 Å². The summed E-state index contributed by atoms with van der Waals surface area (Å²) in [6.45, 7) is 3.82. The van der Waals surface area contributed by atoms with Crippen molar-refractivity contribution in [1.29, 1.82) is 0 Å². The van der Waals surface area contributed by atoms with E-state index in [4.69, 9.17) is 0 Å². The average molecular weight is 248 g/mol. The Bertz CT molecular complexity index is 416. The Balaban J connectivity index is 1.70. The quantitative estimate of drug-likeness (QED) is 0.851. The highest BCUT2D eigenvalue weighted by molar-refractivity contribution is 5.92. The van der Waals surface area contributed by atoms with Crippen molar-refractivity contribution in [1.82, 2.24) is 20.0 Å². The Morgan fingerprint density at radius 3 is 2.89 bits per heavy atom. The number of piperidine rings is 1. The summed E-state index contributed by atoms with van der Waals surface area (Å²) >= 11 is 0. The van der Waals surface area contributed by atoms with Gasteiger partial charge in [0.15, 0.2) is 0 Å². The first-order chi connectivity index (χ1) is 8.84. The molecule has 1 unspecified atom stereocenters. The lowest BCUT2D eigenvalue weighted by atomic mass is 10.1. The SMILES string of the molecule is O=C(c1ccn(C2CCCNC2)n1)N1CCCC1. The van der Waals surface area contributed by atoms with Crippen molar-refractivity contribution >= 4 is 5.91 Å². The van der Waals surface area contributed by atoms with Gasteiger partial charge in [-0.3, -0.25) is 9.48 Å². The van der Waals surface area contributed by atoms with Crippen molar-refractivity contribution in [3.8, 4) is 0 Å². The van der Waals surface area contributed by atoms with Crippen molar-refractivity contribution in [2.75, 3.05) is 26.2 Å². The predicted molar refractivity (Wildman–Crippen MR) is 68.5 cm³/mol. The van der Waals surface area contributed by atoms with Gasteiger partial charge in [0.25, 0.3) is 5.91 Å². The lowest BCUT2D eigenvalue weighted by molar-refractivity contribution is 0.0785. The molecule has 0 spiro atoms. The normalized spacial score (nSPS) is 24.4. The van der Waals surface area contributed by atoms with Gasteiger partial charge in [0, 0.05) is 25.8 Å². The summed E-state index contributed by atoms with van der Waals surface area (Å²) in [5.74, 6) is 0.0926. The van der Waals surface area contributed by atoms with Crippen LogP contribution in [0.2, 0.25) is 0 Å². The lowest BCUT2D eigenvalue weighted by Gasteiger charge is -2.23. The number of amides is 1. The fourth-order valence-electron chi connectivity index (χ4n) is 2.80. The summed E-state index contributed by atoms with van der Waals surface area (Å²) < 4.78 is 1.95. The van der Waals surface area contributed by atoms with Crippen LogP contribution in [0.5, 0.6) is 0 Å². The van der Waals surface area contributed by atoms with E-state index >= 15 is 0 Å². The zero-order chi connectivity index (χ0) is 12.4. The highest BCUT2D eigenvalue weighted by Crippen LogP contribution is 2.17. The molecule has 1 N–H and O–H groups in total. The maximum atomic E-state index is 12.2. The number of nitrogens with zero attached hydrogens (tertiary/aromatic N) is 3. The fourth-order valence-corrected chi connectivity index (χ4v) is 2.80. The van der Waals surface area contributed by atoms with Gasteiger partial charge >= 0.3 is 0 Å². The number of nitrogens with one attached hydrogen (secondary N) is 1. The molecule has 0 radical (unpaired) electrons. The van der Waals surface area contributed by atoms with Gasteiger partial charge in [-0.15, -0.1) is 0 Å². The van der Waals surface area contributed by atoms with Gasteiger partial charge in [-0.05, 0) is 38.3 Å². The Labute approximate surface area is 107 Å². The van der Waals surface area contributed by atoms with E-state index in [0.717, 1.165) is 45.4 Å². The molecule has 3 heterocycles. The van der Waals surface area contributed by atoms with E-state index in [2.05, 4.69) is 10.4 Å². The minimum atomic E-state index is 0.0926. The molecule has 0 aliphatic carbocycles. The van der Waals surface area contributed by atoms with Gasteiger partial charge in [0.2, 0.25) is 0 Å². The molecule has 2 aliphatic heterocycles. The lowest BCUT2D eigenvalue weighted by Crippen LogP contribution is -2.32. The Kier molecular flexibility index (Phi) is 3.32. The standard InChI is InChI=1S/C13H20N4O/c18-13(16-7-1-2-8-16)12-5-9-17(15-12)11-4-3-6-14-10-11/h5,9,11,14H,1-4,6-8,10H2. The third kappa shape index (κ3) is 2.27. The largest absolute Gasteiger partial charge is 0.337 e. The minimum absolute atomic E-state index is 0.0926. The van der Waals surface area contributed by atoms with Gasteiger partial charge in [-0.1, -0.05) is 0 Å². The Hall–Kier alpha value is -1.36. The summed E-state index contributed by atoms with van der Waals surface area (Å²) in [7, 11) is 0. The smallest absolute Gasteiger partial charge is 0.274 e. The Morgan fingerprint density at radius 2 is 2.17 bits per heavy atom. The second kappa shape index (κ2) is 5.10. The molecule has 2 saturated heterocycles. The number of likely N-dealkylation sites (tertiary alicyclic amines) is 1. The van der Waals surface area contributed by atoms with E-state index in [1.165, 1.54) is 6.42 Å². The molecule has 1 aromatic heterocycles. The summed E-state index contributed by atoms with van der Waals surface area (Å²) in [6.07, 6.45) is 6.52. The van der Waals surface area contributed by atoms with Crippen LogP contribution in [0.25, 0.3) is 0 Å². The maximum Gasteiger partial charge on any atom is 0.274 e. The average Bonchev–Trinajstić information content (AvgIpc) is 3.10. The van der Waals surface area contributed by atoms with Crippen LogP contribution in [0.3, 0.4) is 0 Å². The zero-order valence-corrected chi connectivity index (χ0v) is 10.6.